The molecule has 0 spiro atoms. The zero-order valence-corrected chi connectivity index (χ0v) is 7.15. The number of hydrogen-bond acceptors (Lipinski definition) is 2. The van der Waals surface area contributed by atoms with Crippen molar-refractivity contribution in [3.63, 3.8) is 0 Å². The third-order valence-electron chi connectivity index (χ3n) is 2.89. The van der Waals surface area contributed by atoms with E-state index in [4.69, 9.17) is 0 Å². The molecule has 0 radical (unpaired) electrons. The fraction of sp³-hybridized carbons (Fsp3) is 0.714. The summed E-state index contributed by atoms with van der Waals surface area (Å²) in [4.78, 5) is 26.0. The minimum atomic E-state index is -0.188. The van der Waals surface area contributed by atoms with Crippen molar-refractivity contribution in [2.45, 2.75) is 25.3 Å². The Bertz CT molecular complexity index is 305. The number of piperazine rings is 1. The second-order valence-corrected chi connectivity index (χ2v) is 3.70. The van der Waals surface area contributed by atoms with Crippen molar-refractivity contribution in [3.05, 3.63) is 0 Å². The van der Waals surface area contributed by atoms with Crippen LogP contribution in [0.3, 0.4) is 0 Å². The van der Waals surface area contributed by atoms with Crippen LogP contribution in [0.1, 0.15) is 6.92 Å². The lowest BCUT2D eigenvalue weighted by molar-refractivity contribution is 0.161. The van der Waals surface area contributed by atoms with Crippen LogP contribution >= 0.6 is 0 Å². The molecule has 6 heteroatoms. The Labute approximate surface area is 74.9 Å². The summed E-state index contributed by atoms with van der Waals surface area (Å²) in [7, 11) is 0. The molecule has 0 aliphatic carbocycles. The lowest BCUT2D eigenvalue weighted by atomic mass is 10.2. The lowest BCUT2D eigenvalue weighted by Gasteiger charge is -2.29. The summed E-state index contributed by atoms with van der Waals surface area (Å²) in [6.45, 7) is 2.69. The minimum Gasteiger partial charge on any atom is -0.314 e. The zero-order valence-electron chi connectivity index (χ0n) is 7.15. The van der Waals surface area contributed by atoms with Gasteiger partial charge in [-0.25, -0.2) is 9.59 Å². The Kier molecular flexibility index (Phi) is 1.02. The quantitative estimate of drug-likeness (QED) is 0.509. The SMILES string of the molecule is C[C@@H]1CN2C(=O)N1[C@H]1NC(=O)N[C@@H]12. The summed E-state index contributed by atoms with van der Waals surface area (Å²) >= 11 is 0. The van der Waals surface area contributed by atoms with Crippen molar-refractivity contribution in [3.8, 4) is 0 Å². The van der Waals surface area contributed by atoms with Crippen LogP contribution in [0.2, 0.25) is 0 Å². The number of hydrogen-bond donors (Lipinski definition) is 2. The third kappa shape index (κ3) is 0.644. The molecule has 2 N–H and O–H groups in total. The van der Waals surface area contributed by atoms with Gasteiger partial charge in [0, 0.05) is 6.54 Å². The zero-order chi connectivity index (χ0) is 9.16. The van der Waals surface area contributed by atoms with Gasteiger partial charge in [-0.3, -0.25) is 9.80 Å². The van der Waals surface area contributed by atoms with Gasteiger partial charge in [-0.15, -0.1) is 0 Å². The Balaban J connectivity index is 1.98. The second kappa shape index (κ2) is 1.89. The maximum absolute atomic E-state index is 11.6. The monoisotopic (exact) mass is 182 g/mol. The van der Waals surface area contributed by atoms with Crippen molar-refractivity contribution in [2.75, 3.05) is 6.54 Å². The highest BCUT2D eigenvalue weighted by Gasteiger charge is 2.57. The van der Waals surface area contributed by atoms with Gasteiger partial charge in [0.25, 0.3) is 0 Å². The van der Waals surface area contributed by atoms with E-state index in [0.29, 0.717) is 6.54 Å². The Morgan fingerprint density at radius 3 is 2.77 bits per heavy atom. The molecule has 13 heavy (non-hydrogen) atoms. The van der Waals surface area contributed by atoms with Gasteiger partial charge in [-0.2, -0.15) is 0 Å². The maximum atomic E-state index is 11.6. The Hall–Kier alpha value is -1.46. The predicted molar refractivity (Wildman–Crippen MR) is 42.6 cm³/mol. The third-order valence-corrected chi connectivity index (χ3v) is 2.89. The van der Waals surface area contributed by atoms with Gasteiger partial charge in [0.05, 0.1) is 6.04 Å². The number of urea groups is 2. The Morgan fingerprint density at radius 2 is 2.00 bits per heavy atom. The number of fused-ring (bicyclic) bond motifs is 5. The van der Waals surface area contributed by atoms with Gasteiger partial charge in [0.2, 0.25) is 0 Å². The topological polar surface area (TPSA) is 64.7 Å². The van der Waals surface area contributed by atoms with Crippen LogP contribution in [0.5, 0.6) is 0 Å². The van der Waals surface area contributed by atoms with Crippen molar-refractivity contribution in [1.82, 2.24) is 20.4 Å². The van der Waals surface area contributed by atoms with E-state index >= 15 is 0 Å². The van der Waals surface area contributed by atoms with E-state index in [2.05, 4.69) is 10.6 Å². The molecular formula is C7H10N4O2. The number of carbonyl (C=O) groups is 2. The molecule has 6 nitrogen and oxygen atoms in total. The fourth-order valence-corrected chi connectivity index (χ4v) is 2.35. The van der Waals surface area contributed by atoms with Gasteiger partial charge in [0.15, 0.2) is 0 Å². The first kappa shape index (κ1) is 6.99. The summed E-state index contributed by atoms with van der Waals surface area (Å²) in [5, 5.41) is 5.43. The average Bonchev–Trinajstić information content (AvgIpc) is 2.60. The smallest absolute Gasteiger partial charge is 0.314 e. The molecular weight excluding hydrogens is 172 g/mol. The van der Waals surface area contributed by atoms with E-state index in [-0.39, 0.29) is 30.4 Å². The van der Waals surface area contributed by atoms with Gasteiger partial charge in [-0.05, 0) is 6.92 Å². The lowest BCUT2D eigenvalue weighted by Crippen LogP contribution is -2.52. The Morgan fingerprint density at radius 1 is 1.31 bits per heavy atom. The van der Waals surface area contributed by atoms with E-state index in [9.17, 15) is 9.59 Å². The summed E-state index contributed by atoms with van der Waals surface area (Å²) in [5.74, 6) is 0. The molecule has 3 fully saturated rings. The van der Waals surface area contributed by atoms with Crippen molar-refractivity contribution < 1.29 is 9.59 Å². The van der Waals surface area contributed by atoms with Crippen molar-refractivity contribution in [1.29, 1.82) is 0 Å². The van der Waals surface area contributed by atoms with Crippen molar-refractivity contribution in [2.24, 2.45) is 0 Å². The first-order valence-corrected chi connectivity index (χ1v) is 4.34. The number of carbonyl (C=O) groups excluding carboxylic acids is 2. The average molecular weight is 182 g/mol. The van der Waals surface area contributed by atoms with Gasteiger partial charge in [-0.1, -0.05) is 0 Å². The van der Waals surface area contributed by atoms with Crippen LogP contribution in [-0.4, -0.2) is 46.8 Å². The molecule has 3 atom stereocenters. The van der Waals surface area contributed by atoms with E-state index in [1.165, 1.54) is 0 Å². The molecule has 0 aromatic rings. The highest BCUT2D eigenvalue weighted by molar-refractivity contribution is 5.86. The van der Waals surface area contributed by atoms with E-state index < -0.39 is 0 Å². The molecule has 70 valence electrons. The standard InChI is InChI=1S/C7H10N4O2/c1-3-2-10-4-5(9-6(12)8-4)11(3)7(10)13/h3-5H,2H2,1H3,(H2,8,9,12)/t3-,4-,5-/m1/s1. The van der Waals surface area contributed by atoms with Crippen LogP contribution in [0.25, 0.3) is 0 Å². The molecule has 0 unspecified atom stereocenters. The fourth-order valence-electron chi connectivity index (χ4n) is 2.35. The highest BCUT2D eigenvalue weighted by atomic mass is 16.2. The van der Waals surface area contributed by atoms with E-state index in [1.807, 2.05) is 6.92 Å². The van der Waals surface area contributed by atoms with Crippen LogP contribution < -0.4 is 10.6 Å². The van der Waals surface area contributed by atoms with E-state index in [0.717, 1.165) is 0 Å². The van der Waals surface area contributed by atoms with Crippen LogP contribution in [0.4, 0.5) is 9.59 Å². The molecule has 0 aromatic carbocycles. The molecule has 3 aliphatic heterocycles. The predicted octanol–water partition coefficient (Wildman–Crippen LogP) is -0.909. The number of nitrogens with zero attached hydrogens (tertiary/aromatic N) is 2. The normalized spacial score (nSPS) is 40.8. The largest absolute Gasteiger partial charge is 0.323 e. The van der Waals surface area contributed by atoms with Crippen LogP contribution in [-0.2, 0) is 0 Å². The maximum Gasteiger partial charge on any atom is 0.323 e. The van der Waals surface area contributed by atoms with Gasteiger partial charge < -0.3 is 10.6 Å². The second-order valence-electron chi connectivity index (χ2n) is 3.70. The summed E-state index contributed by atoms with van der Waals surface area (Å²) in [6.07, 6.45) is -0.319. The molecule has 0 saturated carbocycles. The molecule has 0 aromatic heterocycles. The molecule has 2 bridgehead atoms. The number of nitrogens with one attached hydrogen (secondary N) is 2. The first-order valence-electron chi connectivity index (χ1n) is 4.34. The molecule has 3 aliphatic rings. The molecule has 4 amide bonds. The number of amides is 4. The minimum absolute atomic E-state index is 0.0231. The highest BCUT2D eigenvalue weighted by Crippen LogP contribution is 2.31. The van der Waals surface area contributed by atoms with Crippen LogP contribution in [0.15, 0.2) is 0 Å². The summed E-state index contributed by atoms with van der Waals surface area (Å²) < 4.78 is 0. The first-order chi connectivity index (χ1) is 6.18. The molecule has 3 rings (SSSR count). The van der Waals surface area contributed by atoms with Gasteiger partial charge in [0.1, 0.15) is 12.3 Å². The van der Waals surface area contributed by atoms with Gasteiger partial charge >= 0.3 is 12.1 Å². The van der Waals surface area contributed by atoms with Crippen molar-refractivity contribution >= 4 is 12.1 Å². The molecule has 3 heterocycles. The molecule has 3 saturated heterocycles. The number of rotatable bonds is 0. The summed E-state index contributed by atoms with van der Waals surface area (Å²) in [5.41, 5.74) is 0. The summed E-state index contributed by atoms with van der Waals surface area (Å²) in [6, 6.07) is 0.0375. The van der Waals surface area contributed by atoms with E-state index in [1.54, 1.807) is 9.80 Å². The van der Waals surface area contributed by atoms with Crippen LogP contribution in [0, 0.1) is 0 Å².